The van der Waals surface area contributed by atoms with Crippen molar-refractivity contribution in [1.82, 2.24) is 0 Å². The van der Waals surface area contributed by atoms with Gasteiger partial charge in [0.05, 0.1) is 0 Å². The highest BCUT2D eigenvalue weighted by atomic mass is 32.2. The Morgan fingerprint density at radius 3 is 2.50 bits per heavy atom. The van der Waals surface area contributed by atoms with E-state index in [2.05, 4.69) is 33.1 Å². The maximum atomic E-state index is 11.6. The molecule has 1 nitrogen and oxygen atoms in total. The first-order valence-electron chi connectivity index (χ1n) is 6.01. The Kier molecular flexibility index (Phi) is 9.24. The Labute approximate surface area is 110 Å². The molecule has 0 amide bonds. The smallest absolute Gasteiger partial charge is 0.214 e. The van der Waals surface area contributed by atoms with Crippen molar-refractivity contribution in [1.29, 1.82) is 0 Å². The van der Waals surface area contributed by atoms with Gasteiger partial charge in [0.15, 0.2) is 0 Å². The molecule has 0 bridgehead atoms. The van der Waals surface area contributed by atoms with Crippen molar-refractivity contribution in [2.45, 2.75) is 63.4 Å². The lowest BCUT2D eigenvalue weighted by atomic mass is 10.1. The summed E-state index contributed by atoms with van der Waals surface area (Å²) in [5.41, 5.74) is 0.650. The predicted molar refractivity (Wildman–Crippen MR) is 78.4 cm³/mol. The van der Waals surface area contributed by atoms with E-state index in [1.807, 2.05) is 0 Å². The van der Waals surface area contributed by atoms with Gasteiger partial charge in [-0.2, -0.15) is 12.6 Å². The molecule has 0 saturated heterocycles. The fourth-order valence-corrected chi connectivity index (χ4v) is 3.05. The van der Waals surface area contributed by atoms with E-state index in [1.54, 1.807) is 6.92 Å². The molecular formula is C13H24OS2. The average Bonchev–Trinajstić information content (AvgIpc) is 2.16. The van der Waals surface area contributed by atoms with Crippen LogP contribution in [0.2, 0.25) is 0 Å². The molecule has 0 spiro atoms. The van der Waals surface area contributed by atoms with Crippen LogP contribution in [0.25, 0.3) is 0 Å². The van der Waals surface area contributed by atoms with Crippen molar-refractivity contribution in [3.8, 4) is 0 Å². The van der Waals surface area contributed by atoms with E-state index in [4.69, 9.17) is 0 Å². The molecule has 0 N–H and O–H groups in total. The summed E-state index contributed by atoms with van der Waals surface area (Å²) in [5, 5.41) is 0.899. The summed E-state index contributed by atoms with van der Waals surface area (Å²) in [7, 11) is 0. The second-order valence-electron chi connectivity index (χ2n) is 4.39. The summed E-state index contributed by atoms with van der Waals surface area (Å²) in [6, 6.07) is 0. The van der Waals surface area contributed by atoms with Gasteiger partial charge in [-0.1, -0.05) is 51.5 Å². The van der Waals surface area contributed by atoms with E-state index in [0.29, 0.717) is 16.1 Å². The first-order valence-corrected chi connectivity index (χ1v) is 7.41. The molecule has 3 heteroatoms. The van der Waals surface area contributed by atoms with E-state index in [1.165, 1.54) is 31.0 Å². The largest absolute Gasteiger partial charge is 0.282 e. The van der Waals surface area contributed by atoms with E-state index in [0.717, 1.165) is 12.8 Å². The number of thioether (sulfide) groups is 1. The topological polar surface area (TPSA) is 17.1 Å². The Morgan fingerprint density at radius 2 is 2.06 bits per heavy atom. The molecule has 16 heavy (non-hydrogen) atoms. The van der Waals surface area contributed by atoms with Gasteiger partial charge in [-0.05, 0) is 30.6 Å². The number of hydrogen-bond acceptors (Lipinski definition) is 3. The molecule has 0 aromatic heterocycles. The minimum atomic E-state index is 0.135. The van der Waals surface area contributed by atoms with Crippen LogP contribution in [0.4, 0.5) is 0 Å². The standard InChI is InChI=1S/C13H24OS2/c1-5-6-7-8-12(9-11(4)15)16-13(14)10(2)3/h11-12,15H,2,5-9H2,1,3-4H3. The van der Waals surface area contributed by atoms with Crippen molar-refractivity contribution in [2.24, 2.45) is 0 Å². The highest BCUT2D eigenvalue weighted by Gasteiger charge is 2.16. The van der Waals surface area contributed by atoms with Crippen LogP contribution in [0, 0.1) is 0 Å². The predicted octanol–water partition coefficient (Wildman–Crippen LogP) is 4.48. The summed E-state index contributed by atoms with van der Waals surface area (Å²) >= 11 is 5.85. The van der Waals surface area contributed by atoms with Crippen LogP contribution in [0.15, 0.2) is 12.2 Å². The first-order chi connectivity index (χ1) is 7.47. The lowest BCUT2D eigenvalue weighted by Crippen LogP contribution is -2.12. The number of carbonyl (C=O) groups excluding carboxylic acids is 1. The molecule has 0 heterocycles. The number of thiol groups is 1. The number of rotatable bonds is 8. The van der Waals surface area contributed by atoms with Gasteiger partial charge < -0.3 is 0 Å². The van der Waals surface area contributed by atoms with Crippen LogP contribution >= 0.6 is 24.4 Å². The summed E-state index contributed by atoms with van der Waals surface area (Å²) in [5.74, 6) is 0. The van der Waals surface area contributed by atoms with Gasteiger partial charge in [0.2, 0.25) is 5.12 Å². The molecule has 0 radical (unpaired) electrons. The van der Waals surface area contributed by atoms with Crippen LogP contribution in [-0.4, -0.2) is 15.6 Å². The Hall–Kier alpha value is 0.110. The molecule has 2 unspecified atom stereocenters. The molecular weight excluding hydrogens is 236 g/mol. The molecule has 2 atom stereocenters. The zero-order valence-corrected chi connectivity index (χ0v) is 12.4. The lowest BCUT2D eigenvalue weighted by molar-refractivity contribution is -0.107. The molecule has 0 saturated carbocycles. The van der Waals surface area contributed by atoms with Crippen LogP contribution in [0.5, 0.6) is 0 Å². The van der Waals surface area contributed by atoms with Gasteiger partial charge in [-0.15, -0.1) is 0 Å². The van der Waals surface area contributed by atoms with Crippen molar-refractivity contribution in [2.75, 3.05) is 0 Å². The second-order valence-corrected chi connectivity index (χ2v) is 6.54. The summed E-state index contributed by atoms with van der Waals surface area (Å²) < 4.78 is 0. The van der Waals surface area contributed by atoms with Gasteiger partial charge in [-0.3, -0.25) is 4.79 Å². The Morgan fingerprint density at radius 1 is 1.44 bits per heavy atom. The zero-order valence-electron chi connectivity index (χ0n) is 10.7. The van der Waals surface area contributed by atoms with Crippen LogP contribution < -0.4 is 0 Å². The van der Waals surface area contributed by atoms with Gasteiger partial charge in [0.25, 0.3) is 0 Å². The summed E-state index contributed by atoms with van der Waals surface area (Å²) in [4.78, 5) is 11.6. The van der Waals surface area contributed by atoms with Gasteiger partial charge in [0.1, 0.15) is 0 Å². The minimum absolute atomic E-state index is 0.135. The number of hydrogen-bond donors (Lipinski definition) is 1. The monoisotopic (exact) mass is 260 g/mol. The van der Waals surface area contributed by atoms with E-state index >= 15 is 0 Å². The fourth-order valence-electron chi connectivity index (χ4n) is 1.48. The average molecular weight is 260 g/mol. The van der Waals surface area contributed by atoms with Gasteiger partial charge >= 0.3 is 0 Å². The van der Waals surface area contributed by atoms with Crippen molar-refractivity contribution < 1.29 is 4.79 Å². The molecule has 0 aromatic carbocycles. The van der Waals surface area contributed by atoms with Crippen LogP contribution in [-0.2, 0) is 4.79 Å². The van der Waals surface area contributed by atoms with Gasteiger partial charge in [-0.25, -0.2) is 0 Å². The van der Waals surface area contributed by atoms with E-state index in [9.17, 15) is 4.79 Å². The third kappa shape index (κ3) is 8.28. The third-order valence-electron chi connectivity index (χ3n) is 2.36. The van der Waals surface area contributed by atoms with Crippen molar-refractivity contribution >= 4 is 29.5 Å². The number of carbonyl (C=O) groups is 1. The maximum Gasteiger partial charge on any atom is 0.214 e. The van der Waals surface area contributed by atoms with Crippen molar-refractivity contribution in [3.63, 3.8) is 0 Å². The first kappa shape index (κ1) is 16.1. The quantitative estimate of drug-likeness (QED) is 0.394. The Bertz CT molecular complexity index is 224. The van der Waals surface area contributed by atoms with E-state index < -0.39 is 0 Å². The minimum Gasteiger partial charge on any atom is -0.282 e. The third-order valence-corrected chi connectivity index (χ3v) is 3.89. The SMILES string of the molecule is C=C(C)C(=O)SC(CCCCC)CC(C)S. The van der Waals surface area contributed by atoms with Crippen LogP contribution in [0.1, 0.15) is 52.9 Å². The second kappa shape index (κ2) is 9.17. The fraction of sp³-hybridized carbons (Fsp3) is 0.769. The zero-order chi connectivity index (χ0) is 12.6. The molecule has 0 fully saturated rings. The Balaban J connectivity index is 4.09. The summed E-state index contributed by atoms with van der Waals surface area (Å²) in [6.45, 7) is 9.76. The molecule has 0 rings (SSSR count). The highest BCUT2D eigenvalue weighted by molar-refractivity contribution is 8.14. The maximum absolute atomic E-state index is 11.6. The molecule has 0 aromatic rings. The number of unbranched alkanes of at least 4 members (excludes halogenated alkanes) is 2. The molecule has 0 aliphatic heterocycles. The van der Waals surface area contributed by atoms with Gasteiger partial charge in [0, 0.05) is 5.25 Å². The summed E-state index contributed by atoms with van der Waals surface area (Å²) in [6.07, 6.45) is 5.79. The molecule has 94 valence electrons. The molecule has 0 aliphatic rings. The van der Waals surface area contributed by atoms with E-state index in [-0.39, 0.29) is 5.12 Å². The molecule has 0 aliphatic carbocycles. The highest BCUT2D eigenvalue weighted by Crippen LogP contribution is 2.26. The lowest BCUT2D eigenvalue weighted by Gasteiger charge is -2.17. The van der Waals surface area contributed by atoms with Crippen LogP contribution in [0.3, 0.4) is 0 Å². The van der Waals surface area contributed by atoms with Crippen molar-refractivity contribution in [3.05, 3.63) is 12.2 Å². The normalized spacial score (nSPS) is 14.5.